The van der Waals surface area contributed by atoms with Crippen molar-refractivity contribution in [2.45, 2.75) is 46.7 Å². The Morgan fingerprint density at radius 1 is 1.25 bits per heavy atom. The molecule has 3 nitrogen and oxygen atoms in total. The van der Waals surface area contributed by atoms with Crippen LogP contribution in [0.2, 0.25) is 0 Å². The van der Waals surface area contributed by atoms with Crippen LogP contribution >= 0.6 is 0 Å². The molecule has 1 atom stereocenters. The van der Waals surface area contributed by atoms with E-state index in [9.17, 15) is 0 Å². The third kappa shape index (κ3) is 2.79. The van der Waals surface area contributed by atoms with Crippen LogP contribution in [0.5, 0.6) is 0 Å². The number of hydrogen-bond donors (Lipinski definition) is 3. The van der Waals surface area contributed by atoms with E-state index in [-0.39, 0.29) is 10.8 Å². The van der Waals surface area contributed by atoms with Crippen LogP contribution < -0.4 is 16.8 Å². The molecule has 0 aromatic rings. The molecular weight excluding hydrogens is 198 g/mol. The van der Waals surface area contributed by atoms with E-state index >= 15 is 0 Å². The third-order valence-corrected chi connectivity index (χ3v) is 3.08. The van der Waals surface area contributed by atoms with Gasteiger partial charge in [0, 0.05) is 17.3 Å². The predicted octanol–water partition coefficient (Wildman–Crippen LogP) is 2.06. The molecule has 0 amide bonds. The maximum absolute atomic E-state index is 6.42. The fraction of sp³-hybridized carbons (Fsp3) is 0.692. The zero-order valence-electron chi connectivity index (χ0n) is 11.1. The average Bonchev–Trinajstić information content (AvgIpc) is 1.97. The number of hydrogen-bond acceptors (Lipinski definition) is 3. The zero-order valence-corrected chi connectivity index (χ0v) is 11.1. The minimum atomic E-state index is -0.570. The molecule has 16 heavy (non-hydrogen) atoms. The van der Waals surface area contributed by atoms with Crippen molar-refractivity contribution in [1.82, 2.24) is 5.32 Å². The quantitative estimate of drug-likeness (QED) is 0.671. The van der Waals surface area contributed by atoms with E-state index in [4.69, 9.17) is 11.5 Å². The van der Waals surface area contributed by atoms with Gasteiger partial charge >= 0.3 is 0 Å². The van der Waals surface area contributed by atoms with E-state index in [0.29, 0.717) is 0 Å². The lowest BCUT2D eigenvalue weighted by atomic mass is 9.68. The monoisotopic (exact) mass is 223 g/mol. The summed E-state index contributed by atoms with van der Waals surface area (Å²) in [4.78, 5) is 0. The van der Waals surface area contributed by atoms with Gasteiger partial charge in [0.2, 0.25) is 0 Å². The van der Waals surface area contributed by atoms with Gasteiger partial charge in [0.1, 0.15) is 5.66 Å². The summed E-state index contributed by atoms with van der Waals surface area (Å²) in [7, 11) is 0. The van der Waals surface area contributed by atoms with Gasteiger partial charge in [-0.15, -0.1) is 0 Å². The van der Waals surface area contributed by atoms with Crippen molar-refractivity contribution in [3.8, 4) is 0 Å². The SMILES string of the molecule is CC(C)(C)CC(C)(C)C1(N)C=C(N)C=CN1. The molecule has 1 aliphatic rings. The zero-order chi connectivity index (χ0) is 12.6. The van der Waals surface area contributed by atoms with E-state index in [0.717, 1.165) is 12.1 Å². The Morgan fingerprint density at radius 2 is 1.81 bits per heavy atom. The Morgan fingerprint density at radius 3 is 2.25 bits per heavy atom. The molecule has 3 heteroatoms. The number of rotatable bonds is 2. The van der Waals surface area contributed by atoms with Crippen molar-refractivity contribution < 1.29 is 0 Å². The molecule has 0 aromatic carbocycles. The first-order valence-corrected chi connectivity index (χ1v) is 5.77. The molecule has 0 fully saturated rings. The van der Waals surface area contributed by atoms with E-state index < -0.39 is 5.66 Å². The molecule has 1 rings (SSSR count). The average molecular weight is 223 g/mol. The highest BCUT2D eigenvalue weighted by Crippen LogP contribution is 2.40. The Balaban J connectivity index is 2.95. The van der Waals surface area contributed by atoms with Crippen molar-refractivity contribution in [2.75, 3.05) is 0 Å². The molecule has 1 heterocycles. The van der Waals surface area contributed by atoms with E-state index in [1.807, 2.05) is 18.4 Å². The van der Waals surface area contributed by atoms with Gasteiger partial charge in [-0.3, -0.25) is 0 Å². The number of nitrogens with two attached hydrogens (primary N) is 2. The summed E-state index contributed by atoms with van der Waals surface area (Å²) in [6, 6.07) is 0. The molecule has 0 bridgehead atoms. The van der Waals surface area contributed by atoms with Gasteiger partial charge in [-0.25, -0.2) is 0 Å². The van der Waals surface area contributed by atoms with E-state index in [2.05, 4.69) is 39.9 Å². The second-order valence-corrected chi connectivity index (χ2v) is 6.61. The Hall–Kier alpha value is -0.960. The maximum Gasteiger partial charge on any atom is 0.112 e. The van der Waals surface area contributed by atoms with Crippen molar-refractivity contribution in [3.63, 3.8) is 0 Å². The first-order valence-electron chi connectivity index (χ1n) is 5.77. The summed E-state index contributed by atoms with van der Waals surface area (Å²) in [6.07, 6.45) is 6.60. The summed E-state index contributed by atoms with van der Waals surface area (Å²) in [5.41, 5.74) is 12.6. The summed E-state index contributed by atoms with van der Waals surface area (Å²) < 4.78 is 0. The first-order chi connectivity index (χ1) is 7.06. The summed E-state index contributed by atoms with van der Waals surface area (Å²) in [6.45, 7) is 11.0. The van der Waals surface area contributed by atoms with Crippen LogP contribution in [0.4, 0.5) is 0 Å². The minimum absolute atomic E-state index is 0.0688. The molecule has 1 unspecified atom stereocenters. The van der Waals surface area contributed by atoms with Gasteiger partial charge in [-0.05, 0) is 24.0 Å². The highest BCUT2D eigenvalue weighted by Gasteiger charge is 2.42. The second-order valence-electron chi connectivity index (χ2n) is 6.61. The van der Waals surface area contributed by atoms with Crippen LogP contribution in [-0.4, -0.2) is 5.66 Å². The van der Waals surface area contributed by atoms with Gasteiger partial charge in [-0.2, -0.15) is 0 Å². The van der Waals surface area contributed by atoms with Crippen molar-refractivity contribution >= 4 is 0 Å². The lowest BCUT2D eigenvalue weighted by Gasteiger charge is -2.46. The van der Waals surface area contributed by atoms with E-state index in [1.165, 1.54) is 0 Å². The van der Waals surface area contributed by atoms with Crippen LogP contribution in [0.3, 0.4) is 0 Å². The highest BCUT2D eigenvalue weighted by molar-refractivity contribution is 5.28. The molecule has 92 valence electrons. The summed E-state index contributed by atoms with van der Waals surface area (Å²) in [5.74, 6) is 0. The molecule has 0 saturated carbocycles. The topological polar surface area (TPSA) is 64.1 Å². The fourth-order valence-corrected chi connectivity index (χ4v) is 2.49. The van der Waals surface area contributed by atoms with Gasteiger partial charge in [-0.1, -0.05) is 34.6 Å². The van der Waals surface area contributed by atoms with Crippen molar-refractivity contribution in [1.29, 1.82) is 0 Å². The molecule has 0 aromatic heterocycles. The maximum atomic E-state index is 6.42. The lowest BCUT2D eigenvalue weighted by molar-refractivity contribution is 0.115. The Bertz CT molecular complexity index is 321. The first kappa shape index (κ1) is 13.1. The third-order valence-electron chi connectivity index (χ3n) is 3.08. The van der Waals surface area contributed by atoms with Gasteiger partial charge in [0.25, 0.3) is 0 Å². The summed E-state index contributed by atoms with van der Waals surface area (Å²) >= 11 is 0. The normalized spacial score (nSPS) is 26.2. The molecule has 0 aliphatic carbocycles. The Labute approximate surface area is 99.0 Å². The molecular formula is C13H25N3. The van der Waals surface area contributed by atoms with Gasteiger partial charge in [0.15, 0.2) is 0 Å². The predicted molar refractivity (Wildman–Crippen MR) is 69.3 cm³/mol. The minimum Gasteiger partial charge on any atom is -0.399 e. The second kappa shape index (κ2) is 3.81. The molecule has 0 spiro atoms. The van der Waals surface area contributed by atoms with Crippen LogP contribution in [0.1, 0.15) is 41.0 Å². The van der Waals surface area contributed by atoms with E-state index in [1.54, 1.807) is 0 Å². The molecule has 5 N–H and O–H groups in total. The molecule has 0 saturated heterocycles. The van der Waals surface area contributed by atoms with Gasteiger partial charge < -0.3 is 16.8 Å². The highest BCUT2D eigenvalue weighted by atomic mass is 15.1. The van der Waals surface area contributed by atoms with Crippen molar-refractivity contribution in [2.24, 2.45) is 22.3 Å². The standard InChI is InChI=1S/C13H25N3/c1-11(2,3)9-12(4,5)13(15)8-10(14)6-7-16-13/h6-8,16H,9,14-15H2,1-5H3. The van der Waals surface area contributed by atoms with Crippen molar-refractivity contribution in [3.05, 3.63) is 24.0 Å². The summed E-state index contributed by atoms with van der Waals surface area (Å²) in [5, 5.41) is 3.23. The van der Waals surface area contributed by atoms with Crippen LogP contribution in [0, 0.1) is 10.8 Å². The van der Waals surface area contributed by atoms with Crippen LogP contribution in [0.25, 0.3) is 0 Å². The molecule has 1 aliphatic heterocycles. The largest absolute Gasteiger partial charge is 0.399 e. The number of dihydropyridines is 1. The lowest BCUT2D eigenvalue weighted by Crippen LogP contribution is -2.62. The smallest absolute Gasteiger partial charge is 0.112 e. The fourth-order valence-electron chi connectivity index (χ4n) is 2.49. The molecule has 0 radical (unpaired) electrons. The van der Waals surface area contributed by atoms with Crippen LogP contribution in [-0.2, 0) is 0 Å². The number of allylic oxidation sites excluding steroid dienone is 1. The number of nitrogens with one attached hydrogen (secondary N) is 1. The Kier molecular flexibility index (Phi) is 3.12. The van der Waals surface area contributed by atoms with Crippen LogP contribution in [0.15, 0.2) is 24.0 Å². The van der Waals surface area contributed by atoms with Gasteiger partial charge in [0.05, 0.1) is 0 Å².